The molecule has 0 spiro atoms. The van der Waals surface area contributed by atoms with Crippen LogP contribution in [0.25, 0.3) is 22.3 Å². The Morgan fingerprint density at radius 3 is 2.86 bits per heavy atom. The second kappa shape index (κ2) is 6.69. The zero-order chi connectivity index (χ0) is 20.0. The number of amides is 1. The number of hydrogen-bond acceptors (Lipinski definition) is 5. The third kappa shape index (κ3) is 2.80. The van der Waals surface area contributed by atoms with Gasteiger partial charge in [-0.1, -0.05) is 6.92 Å². The molecule has 1 N–H and O–H groups in total. The number of aromatic nitrogens is 5. The van der Waals surface area contributed by atoms with Crippen molar-refractivity contribution in [2.24, 2.45) is 11.8 Å². The number of nitriles is 1. The molecule has 2 aliphatic rings. The fourth-order valence-corrected chi connectivity index (χ4v) is 5.25. The lowest BCUT2D eigenvalue weighted by Gasteiger charge is -2.29. The Balaban J connectivity index is 1.45. The van der Waals surface area contributed by atoms with Crippen LogP contribution >= 0.6 is 0 Å². The number of aromatic amines is 1. The van der Waals surface area contributed by atoms with Gasteiger partial charge in [0.25, 0.3) is 0 Å². The summed E-state index contributed by atoms with van der Waals surface area (Å²) in [5.41, 5.74) is 2.25. The van der Waals surface area contributed by atoms with Crippen molar-refractivity contribution in [2.75, 3.05) is 13.1 Å². The van der Waals surface area contributed by atoms with Crippen molar-refractivity contribution >= 4 is 16.9 Å². The predicted molar refractivity (Wildman–Crippen MR) is 106 cm³/mol. The van der Waals surface area contributed by atoms with E-state index in [1.165, 1.54) is 0 Å². The second-order valence-corrected chi connectivity index (χ2v) is 8.28. The summed E-state index contributed by atoms with van der Waals surface area (Å²) in [6.45, 7) is 3.51. The molecule has 5 rings (SSSR count). The number of nitrogens with one attached hydrogen (secondary N) is 1. The Labute approximate surface area is 168 Å². The second-order valence-electron chi connectivity index (χ2n) is 8.28. The fourth-order valence-electron chi connectivity index (χ4n) is 5.25. The highest BCUT2D eigenvalue weighted by atomic mass is 16.2. The van der Waals surface area contributed by atoms with E-state index in [0.29, 0.717) is 24.7 Å². The number of nitrogens with zero attached hydrogens (tertiary/aromatic N) is 6. The molecule has 148 valence electrons. The van der Waals surface area contributed by atoms with Crippen LogP contribution in [-0.2, 0) is 10.3 Å². The Kier molecular flexibility index (Phi) is 4.12. The van der Waals surface area contributed by atoms with E-state index < -0.39 is 0 Å². The van der Waals surface area contributed by atoms with Gasteiger partial charge in [-0.15, -0.1) is 0 Å². The summed E-state index contributed by atoms with van der Waals surface area (Å²) < 4.78 is 1.98. The molecule has 4 heterocycles. The van der Waals surface area contributed by atoms with Gasteiger partial charge in [0.15, 0.2) is 0 Å². The van der Waals surface area contributed by atoms with Gasteiger partial charge in [0, 0.05) is 42.9 Å². The summed E-state index contributed by atoms with van der Waals surface area (Å²) in [6, 6.07) is 4.35. The standard InChI is InChI=1S/C21H23N7O/c1-2-18(29)27-10-14-7-21(4-5-22,8-15(14)11-27)28-12-16(9-26-28)19-17-3-6-23-20(17)25-13-24-19/h3,6,9,12-15H,2,4,7-8,10-11H2,1H3,(H,23,24,25)/t14-,15+,21+. The van der Waals surface area contributed by atoms with Crippen LogP contribution < -0.4 is 0 Å². The molecule has 8 heteroatoms. The van der Waals surface area contributed by atoms with Crippen molar-refractivity contribution in [3.63, 3.8) is 0 Å². The molecule has 0 unspecified atom stereocenters. The molecular formula is C21H23N7O. The first kappa shape index (κ1) is 17.9. The van der Waals surface area contributed by atoms with Crippen LogP contribution in [-0.4, -0.2) is 48.6 Å². The number of carbonyl (C=O) groups excluding carboxylic acids is 1. The molecule has 0 radical (unpaired) electrons. The highest BCUT2D eigenvalue weighted by molar-refractivity contribution is 5.90. The van der Waals surface area contributed by atoms with Gasteiger partial charge in [-0.3, -0.25) is 9.48 Å². The lowest BCUT2D eigenvalue weighted by atomic mass is 9.92. The Morgan fingerprint density at radius 2 is 2.14 bits per heavy atom. The monoisotopic (exact) mass is 389 g/mol. The number of hydrogen-bond donors (Lipinski definition) is 1. The minimum atomic E-state index is -0.312. The third-order valence-electron chi connectivity index (χ3n) is 6.62. The molecule has 1 amide bonds. The van der Waals surface area contributed by atoms with E-state index in [0.717, 1.165) is 48.2 Å². The molecule has 3 aromatic heterocycles. The Hall–Kier alpha value is -3.21. The maximum absolute atomic E-state index is 12.1. The quantitative estimate of drug-likeness (QED) is 0.739. The van der Waals surface area contributed by atoms with Crippen molar-refractivity contribution in [2.45, 2.75) is 38.1 Å². The average molecular weight is 389 g/mol. The summed E-state index contributed by atoms with van der Waals surface area (Å²) in [5.74, 6) is 1.09. The van der Waals surface area contributed by atoms with Crippen LogP contribution in [0.15, 0.2) is 31.0 Å². The minimum Gasteiger partial charge on any atom is -0.346 e. The van der Waals surface area contributed by atoms with Crippen molar-refractivity contribution in [1.82, 2.24) is 29.6 Å². The minimum absolute atomic E-state index is 0.228. The maximum Gasteiger partial charge on any atom is 0.222 e. The molecule has 0 bridgehead atoms. The van der Waals surface area contributed by atoms with Gasteiger partial charge in [-0.25, -0.2) is 9.97 Å². The zero-order valence-electron chi connectivity index (χ0n) is 16.4. The van der Waals surface area contributed by atoms with Gasteiger partial charge in [0.2, 0.25) is 5.91 Å². The molecule has 2 fully saturated rings. The van der Waals surface area contributed by atoms with Crippen LogP contribution in [0.1, 0.15) is 32.6 Å². The van der Waals surface area contributed by atoms with Crippen LogP contribution in [0.2, 0.25) is 0 Å². The molecular weight excluding hydrogens is 366 g/mol. The summed E-state index contributed by atoms with van der Waals surface area (Å²) in [5, 5.41) is 15.2. The van der Waals surface area contributed by atoms with Crippen molar-refractivity contribution in [3.8, 4) is 17.3 Å². The van der Waals surface area contributed by atoms with Gasteiger partial charge < -0.3 is 9.88 Å². The van der Waals surface area contributed by atoms with E-state index >= 15 is 0 Å². The first-order valence-electron chi connectivity index (χ1n) is 10.1. The van der Waals surface area contributed by atoms with Crippen LogP contribution in [0.4, 0.5) is 0 Å². The summed E-state index contributed by atoms with van der Waals surface area (Å²) >= 11 is 0. The van der Waals surface area contributed by atoms with E-state index in [1.54, 1.807) is 6.33 Å². The predicted octanol–water partition coefficient (Wildman–Crippen LogP) is 2.71. The molecule has 1 saturated heterocycles. The van der Waals surface area contributed by atoms with Gasteiger partial charge >= 0.3 is 0 Å². The largest absolute Gasteiger partial charge is 0.346 e. The number of H-pyrrole nitrogens is 1. The fraction of sp³-hybridized carbons (Fsp3) is 0.476. The Morgan fingerprint density at radius 1 is 1.34 bits per heavy atom. The molecule has 3 aromatic rings. The van der Waals surface area contributed by atoms with Gasteiger partial charge in [-0.05, 0) is 30.7 Å². The van der Waals surface area contributed by atoms with Gasteiger partial charge in [-0.2, -0.15) is 10.4 Å². The van der Waals surface area contributed by atoms with E-state index in [-0.39, 0.29) is 11.4 Å². The highest BCUT2D eigenvalue weighted by Gasteiger charge is 2.51. The molecule has 8 nitrogen and oxygen atoms in total. The molecule has 3 atom stereocenters. The third-order valence-corrected chi connectivity index (χ3v) is 6.62. The summed E-state index contributed by atoms with van der Waals surface area (Å²) in [6.07, 6.45) is 9.98. The molecule has 1 aliphatic carbocycles. The highest BCUT2D eigenvalue weighted by Crippen LogP contribution is 2.49. The van der Waals surface area contributed by atoms with Crippen LogP contribution in [0, 0.1) is 23.2 Å². The first-order chi connectivity index (χ1) is 14.1. The lowest BCUT2D eigenvalue weighted by Crippen LogP contribution is -2.35. The van der Waals surface area contributed by atoms with Gasteiger partial charge in [0.05, 0.1) is 29.9 Å². The average Bonchev–Trinajstić information content (AvgIpc) is 3.48. The van der Waals surface area contributed by atoms with Gasteiger partial charge in [0.1, 0.15) is 12.0 Å². The summed E-state index contributed by atoms with van der Waals surface area (Å²) in [7, 11) is 0. The first-order valence-corrected chi connectivity index (χ1v) is 10.1. The summed E-state index contributed by atoms with van der Waals surface area (Å²) in [4.78, 5) is 25.9. The van der Waals surface area contributed by atoms with E-state index in [1.807, 2.05) is 41.2 Å². The van der Waals surface area contributed by atoms with Crippen LogP contribution in [0.5, 0.6) is 0 Å². The number of likely N-dealkylation sites (tertiary alicyclic amines) is 1. The molecule has 0 aromatic carbocycles. The smallest absolute Gasteiger partial charge is 0.222 e. The Bertz CT molecular complexity index is 1090. The van der Waals surface area contributed by atoms with Crippen molar-refractivity contribution in [1.29, 1.82) is 5.26 Å². The van der Waals surface area contributed by atoms with E-state index in [2.05, 4.69) is 26.1 Å². The zero-order valence-corrected chi connectivity index (χ0v) is 16.4. The topological polar surface area (TPSA) is 103 Å². The van der Waals surface area contributed by atoms with E-state index in [9.17, 15) is 10.1 Å². The maximum atomic E-state index is 12.1. The van der Waals surface area contributed by atoms with Crippen molar-refractivity contribution < 1.29 is 4.79 Å². The molecule has 29 heavy (non-hydrogen) atoms. The number of carbonyl (C=O) groups is 1. The molecule has 1 saturated carbocycles. The van der Waals surface area contributed by atoms with E-state index in [4.69, 9.17) is 0 Å². The number of rotatable bonds is 4. The van der Waals surface area contributed by atoms with Crippen LogP contribution in [0.3, 0.4) is 0 Å². The SMILES string of the molecule is CCC(=O)N1C[C@@H]2C[C@@](CC#N)(n3cc(-c4ncnc5[nH]ccc45)cn3)C[C@@H]2C1. The molecule has 1 aliphatic heterocycles. The normalized spacial score (nSPS) is 26.0. The number of fused-ring (bicyclic) bond motifs is 2. The lowest BCUT2D eigenvalue weighted by molar-refractivity contribution is -0.130. The van der Waals surface area contributed by atoms with Crippen molar-refractivity contribution in [3.05, 3.63) is 31.0 Å².